The maximum atomic E-state index is 5.68. The van der Waals surface area contributed by atoms with Crippen molar-refractivity contribution >= 4 is 22.9 Å². The molecule has 56 valence electrons. The molecule has 2 nitrogen and oxygen atoms in total. The molecule has 1 aromatic rings. The molecule has 4 heteroatoms. The van der Waals surface area contributed by atoms with E-state index in [1.165, 1.54) is 11.3 Å². The maximum Gasteiger partial charge on any atom is 0.113 e. The molecule has 1 unspecified atom stereocenters. The molecular formula is C6H9ClN2S. The minimum absolute atomic E-state index is 0.331. The van der Waals surface area contributed by atoms with Crippen molar-refractivity contribution in [3.63, 3.8) is 0 Å². The second-order valence-electron chi connectivity index (χ2n) is 2.14. The summed E-state index contributed by atoms with van der Waals surface area (Å²) < 4.78 is 0.732. The van der Waals surface area contributed by atoms with Gasteiger partial charge in [0.05, 0.1) is 11.2 Å². The van der Waals surface area contributed by atoms with E-state index in [-0.39, 0.29) is 0 Å². The highest BCUT2D eigenvalue weighted by molar-refractivity contribution is 7.15. The third-order valence-electron chi connectivity index (χ3n) is 1.27. The molecule has 0 aromatic carbocycles. The van der Waals surface area contributed by atoms with E-state index >= 15 is 0 Å². The summed E-state index contributed by atoms with van der Waals surface area (Å²) in [7, 11) is 0. The molecule has 1 atom stereocenters. The fraction of sp³-hybridized carbons (Fsp3) is 0.500. The second kappa shape index (κ2) is 3.32. The summed E-state index contributed by atoms with van der Waals surface area (Å²) in [4.78, 5) is 4.09. The van der Waals surface area contributed by atoms with Gasteiger partial charge in [0.2, 0.25) is 0 Å². The van der Waals surface area contributed by atoms with E-state index in [1.54, 1.807) is 6.20 Å². The lowest BCUT2D eigenvalue weighted by Gasteiger charge is -2.00. The van der Waals surface area contributed by atoms with Gasteiger partial charge in [-0.15, -0.1) is 11.3 Å². The van der Waals surface area contributed by atoms with Gasteiger partial charge in [-0.05, 0) is 0 Å². The Hall–Kier alpha value is -0.120. The van der Waals surface area contributed by atoms with Gasteiger partial charge in [-0.1, -0.05) is 18.5 Å². The summed E-state index contributed by atoms with van der Waals surface area (Å²) in [6.45, 7) is 2.67. The Morgan fingerprint density at radius 3 is 3.00 bits per heavy atom. The van der Waals surface area contributed by atoms with E-state index in [0.717, 1.165) is 9.34 Å². The quantitative estimate of drug-likeness (QED) is 0.747. The first-order valence-electron chi connectivity index (χ1n) is 3.05. The molecule has 0 radical (unpaired) electrons. The highest BCUT2D eigenvalue weighted by Gasteiger charge is 2.06. The smallest absolute Gasteiger partial charge is 0.113 e. The molecule has 10 heavy (non-hydrogen) atoms. The standard InChI is InChI=1S/C6H9ClN2S/c1-4(2-8)6-9-3-5(7)10-6/h3-4H,2,8H2,1H3. The molecule has 0 bridgehead atoms. The molecule has 0 aliphatic rings. The molecule has 0 spiro atoms. The minimum atomic E-state index is 0.331. The number of nitrogens with two attached hydrogens (primary N) is 1. The van der Waals surface area contributed by atoms with Gasteiger partial charge in [-0.25, -0.2) is 4.98 Å². The Kier molecular flexibility index (Phi) is 2.65. The Labute approximate surface area is 69.0 Å². The Bertz CT molecular complexity index is 211. The normalized spacial score (nSPS) is 13.5. The Morgan fingerprint density at radius 2 is 2.60 bits per heavy atom. The van der Waals surface area contributed by atoms with Gasteiger partial charge in [0.25, 0.3) is 0 Å². The van der Waals surface area contributed by atoms with Crippen LogP contribution in [0.2, 0.25) is 4.34 Å². The lowest BCUT2D eigenvalue weighted by Crippen LogP contribution is -2.08. The summed E-state index contributed by atoms with van der Waals surface area (Å²) in [5, 5.41) is 1.02. The van der Waals surface area contributed by atoms with E-state index in [1.807, 2.05) is 6.92 Å². The monoisotopic (exact) mass is 176 g/mol. The largest absolute Gasteiger partial charge is 0.330 e. The highest BCUT2D eigenvalue weighted by atomic mass is 35.5. The molecule has 0 saturated carbocycles. The Morgan fingerprint density at radius 1 is 1.90 bits per heavy atom. The molecule has 1 rings (SSSR count). The number of hydrogen-bond donors (Lipinski definition) is 1. The van der Waals surface area contributed by atoms with Gasteiger partial charge in [0.1, 0.15) is 4.34 Å². The summed E-state index contributed by atoms with van der Waals surface area (Å²) in [5.41, 5.74) is 5.44. The molecule has 0 fully saturated rings. The van der Waals surface area contributed by atoms with Crippen LogP contribution >= 0.6 is 22.9 Å². The average molecular weight is 177 g/mol. The third kappa shape index (κ3) is 1.68. The molecule has 2 N–H and O–H groups in total. The van der Waals surface area contributed by atoms with Crippen molar-refractivity contribution in [2.75, 3.05) is 6.54 Å². The van der Waals surface area contributed by atoms with Crippen LogP contribution in [-0.2, 0) is 0 Å². The minimum Gasteiger partial charge on any atom is -0.330 e. The van der Waals surface area contributed by atoms with Crippen molar-refractivity contribution in [2.24, 2.45) is 5.73 Å². The van der Waals surface area contributed by atoms with Gasteiger partial charge in [-0.3, -0.25) is 0 Å². The molecule has 0 aliphatic heterocycles. The molecule has 0 aliphatic carbocycles. The zero-order valence-corrected chi connectivity index (χ0v) is 7.25. The summed E-state index contributed by atoms with van der Waals surface area (Å²) in [5.74, 6) is 0.331. The maximum absolute atomic E-state index is 5.68. The van der Waals surface area contributed by atoms with Crippen molar-refractivity contribution in [1.29, 1.82) is 0 Å². The molecular weight excluding hydrogens is 168 g/mol. The van der Waals surface area contributed by atoms with Gasteiger partial charge >= 0.3 is 0 Å². The van der Waals surface area contributed by atoms with E-state index in [2.05, 4.69) is 4.98 Å². The van der Waals surface area contributed by atoms with E-state index < -0.39 is 0 Å². The van der Waals surface area contributed by atoms with Crippen LogP contribution in [0.4, 0.5) is 0 Å². The van der Waals surface area contributed by atoms with Crippen LogP contribution in [0.5, 0.6) is 0 Å². The number of nitrogens with zero attached hydrogens (tertiary/aromatic N) is 1. The van der Waals surface area contributed by atoms with Crippen LogP contribution in [0.15, 0.2) is 6.20 Å². The van der Waals surface area contributed by atoms with Crippen LogP contribution in [-0.4, -0.2) is 11.5 Å². The first-order chi connectivity index (χ1) is 4.74. The third-order valence-corrected chi connectivity index (χ3v) is 2.62. The molecule has 1 aromatic heterocycles. The summed E-state index contributed by atoms with van der Waals surface area (Å²) in [6, 6.07) is 0. The number of halogens is 1. The van der Waals surface area contributed by atoms with E-state index in [9.17, 15) is 0 Å². The molecule has 0 amide bonds. The topological polar surface area (TPSA) is 38.9 Å². The fourth-order valence-corrected chi connectivity index (χ4v) is 1.59. The van der Waals surface area contributed by atoms with Crippen molar-refractivity contribution < 1.29 is 0 Å². The van der Waals surface area contributed by atoms with Gasteiger partial charge in [0, 0.05) is 12.5 Å². The Balaban J connectivity index is 2.74. The van der Waals surface area contributed by atoms with Crippen LogP contribution in [0.1, 0.15) is 17.8 Å². The lowest BCUT2D eigenvalue weighted by molar-refractivity contribution is 0.766. The van der Waals surface area contributed by atoms with Crippen molar-refractivity contribution in [3.05, 3.63) is 15.5 Å². The van der Waals surface area contributed by atoms with E-state index in [4.69, 9.17) is 17.3 Å². The number of aromatic nitrogens is 1. The number of rotatable bonds is 2. The van der Waals surface area contributed by atoms with Crippen molar-refractivity contribution in [3.8, 4) is 0 Å². The summed E-state index contributed by atoms with van der Waals surface area (Å²) >= 11 is 7.17. The predicted octanol–water partition coefficient (Wildman–Crippen LogP) is 1.86. The van der Waals surface area contributed by atoms with Crippen LogP contribution < -0.4 is 5.73 Å². The van der Waals surface area contributed by atoms with Crippen LogP contribution in [0.3, 0.4) is 0 Å². The van der Waals surface area contributed by atoms with Crippen molar-refractivity contribution in [1.82, 2.24) is 4.98 Å². The first kappa shape index (κ1) is 7.98. The number of hydrogen-bond acceptors (Lipinski definition) is 3. The molecule has 0 saturated heterocycles. The highest BCUT2D eigenvalue weighted by Crippen LogP contribution is 2.23. The lowest BCUT2D eigenvalue weighted by atomic mass is 10.2. The first-order valence-corrected chi connectivity index (χ1v) is 4.24. The van der Waals surface area contributed by atoms with Gasteiger partial charge < -0.3 is 5.73 Å². The van der Waals surface area contributed by atoms with Gasteiger partial charge in [-0.2, -0.15) is 0 Å². The van der Waals surface area contributed by atoms with Crippen LogP contribution in [0.25, 0.3) is 0 Å². The number of thiazole rings is 1. The zero-order chi connectivity index (χ0) is 7.56. The van der Waals surface area contributed by atoms with Crippen LogP contribution in [0, 0.1) is 0 Å². The van der Waals surface area contributed by atoms with Gasteiger partial charge in [0.15, 0.2) is 0 Å². The molecule has 1 heterocycles. The predicted molar refractivity (Wildman–Crippen MR) is 44.6 cm³/mol. The second-order valence-corrected chi connectivity index (χ2v) is 3.83. The van der Waals surface area contributed by atoms with Crippen molar-refractivity contribution in [2.45, 2.75) is 12.8 Å². The fourth-order valence-electron chi connectivity index (χ4n) is 0.596. The summed E-state index contributed by atoms with van der Waals surface area (Å²) in [6.07, 6.45) is 1.66. The zero-order valence-electron chi connectivity index (χ0n) is 5.67. The average Bonchev–Trinajstić information content (AvgIpc) is 2.34. The SMILES string of the molecule is CC(CN)c1ncc(Cl)s1. The van der Waals surface area contributed by atoms with E-state index in [0.29, 0.717) is 12.5 Å².